The fourth-order valence-corrected chi connectivity index (χ4v) is 1.84. The van der Waals surface area contributed by atoms with Gasteiger partial charge in [0.25, 0.3) is 5.91 Å². The zero-order chi connectivity index (χ0) is 16.7. The monoisotopic (exact) mass is 315 g/mol. The Morgan fingerprint density at radius 1 is 1.35 bits per heavy atom. The van der Waals surface area contributed by atoms with Crippen LogP contribution in [0.2, 0.25) is 0 Å². The number of carbonyl (C=O) groups is 1. The number of hydrogen-bond acceptors (Lipinski definition) is 4. The first-order chi connectivity index (χ1) is 11.1. The molecule has 0 aliphatic rings. The van der Waals surface area contributed by atoms with Crippen LogP contribution < -0.4 is 14.9 Å². The van der Waals surface area contributed by atoms with Crippen molar-refractivity contribution in [3.63, 3.8) is 0 Å². The van der Waals surface area contributed by atoms with Crippen molar-refractivity contribution in [3.05, 3.63) is 47.8 Å². The van der Waals surface area contributed by atoms with E-state index in [0.29, 0.717) is 29.7 Å². The second-order valence-corrected chi connectivity index (χ2v) is 5.40. The molecular weight excluding hydrogens is 294 g/mol. The predicted octanol–water partition coefficient (Wildman–Crippen LogP) is 2.82. The number of methoxy groups -OCH3 is 1. The molecule has 2 rings (SSSR count). The Morgan fingerprint density at radius 3 is 2.83 bits per heavy atom. The van der Waals surface area contributed by atoms with Gasteiger partial charge in [-0.1, -0.05) is 13.8 Å². The fourth-order valence-electron chi connectivity index (χ4n) is 1.84. The van der Waals surface area contributed by atoms with Crippen molar-refractivity contribution in [2.75, 3.05) is 13.7 Å². The molecule has 0 fully saturated rings. The van der Waals surface area contributed by atoms with Crippen molar-refractivity contribution in [1.82, 2.24) is 10.4 Å². The number of nitrogens with zero attached hydrogens (tertiary/aromatic N) is 1. The normalized spacial score (nSPS) is 11.0. The SMILES string of the molecule is COc1cc(/C=N\NC(=O)c2ccc[nH]2)ccc1OCC(C)C. The quantitative estimate of drug-likeness (QED) is 0.609. The van der Waals surface area contributed by atoms with Crippen molar-refractivity contribution in [1.29, 1.82) is 0 Å². The molecule has 122 valence electrons. The first kappa shape index (κ1) is 16.6. The van der Waals surface area contributed by atoms with Crippen LogP contribution in [0.15, 0.2) is 41.6 Å². The van der Waals surface area contributed by atoms with Crippen molar-refractivity contribution < 1.29 is 14.3 Å². The summed E-state index contributed by atoms with van der Waals surface area (Å²) in [6.07, 6.45) is 3.23. The molecule has 0 spiro atoms. The molecule has 0 unspecified atom stereocenters. The van der Waals surface area contributed by atoms with Gasteiger partial charge in [-0.3, -0.25) is 4.79 Å². The van der Waals surface area contributed by atoms with E-state index in [1.165, 1.54) is 0 Å². The Morgan fingerprint density at radius 2 is 2.17 bits per heavy atom. The minimum absolute atomic E-state index is 0.296. The number of hydrazone groups is 1. The van der Waals surface area contributed by atoms with Crippen LogP contribution in [-0.2, 0) is 0 Å². The topological polar surface area (TPSA) is 75.7 Å². The minimum atomic E-state index is -0.296. The van der Waals surface area contributed by atoms with E-state index >= 15 is 0 Å². The molecule has 23 heavy (non-hydrogen) atoms. The third-order valence-corrected chi connectivity index (χ3v) is 2.98. The number of amides is 1. The zero-order valence-electron chi connectivity index (χ0n) is 13.5. The van der Waals surface area contributed by atoms with Crippen LogP contribution in [0.1, 0.15) is 29.9 Å². The summed E-state index contributed by atoms with van der Waals surface area (Å²) < 4.78 is 11.0. The Kier molecular flexibility index (Phi) is 5.80. The second kappa shape index (κ2) is 8.03. The molecule has 0 saturated heterocycles. The number of ether oxygens (including phenoxy) is 2. The molecule has 0 aliphatic carbocycles. The van der Waals surface area contributed by atoms with E-state index in [1.54, 1.807) is 37.7 Å². The first-order valence-corrected chi connectivity index (χ1v) is 7.37. The molecule has 1 heterocycles. The highest BCUT2D eigenvalue weighted by Gasteiger charge is 2.07. The first-order valence-electron chi connectivity index (χ1n) is 7.37. The number of hydrogen-bond donors (Lipinski definition) is 2. The summed E-state index contributed by atoms with van der Waals surface area (Å²) in [6.45, 7) is 4.79. The largest absolute Gasteiger partial charge is 0.493 e. The van der Waals surface area contributed by atoms with Gasteiger partial charge >= 0.3 is 0 Å². The van der Waals surface area contributed by atoms with E-state index in [2.05, 4.69) is 29.4 Å². The van der Waals surface area contributed by atoms with Crippen LogP contribution >= 0.6 is 0 Å². The van der Waals surface area contributed by atoms with Crippen LogP contribution in [0.25, 0.3) is 0 Å². The number of aromatic amines is 1. The molecule has 0 bridgehead atoms. The van der Waals surface area contributed by atoms with Gasteiger partial charge < -0.3 is 14.5 Å². The highest BCUT2D eigenvalue weighted by molar-refractivity contribution is 5.93. The van der Waals surface area contributed by atoms with Crippen molar-refractivity contribution >= 4 is 12.1 Å². The third-order valence-electron chi connectivity index (χ3n) is 2.98. The molecule has 6 heteroatoms. The highest BCUT2D eigenvalue weighted by Crippen LogP contribution is 2.27. The summed E-state index contributed by atoms with van der Waals surface area (Å²) in [4.78, 5) is 14.5. The van der Waals surface area contributed by atoms with Crippen molar-refractivity contribution in [2.45, 2.75) is 13.8 Å². The van der Waals surface area contributed by atoms with Crippen LogP contribution in [0.4, 0.5) is 0 Å². The van der Waals surface area contributed by atoms with Gasteiger partial charge in [0, 0.05) is 6.20 Å². The maximum absolute atomic E-state index is 11.7. The predicted molar refractivity (Wildman–Crippen MR) is 89.2 cm³/mol. The lowest BCUT2D eigenvalue weighted by atomic mass is 10.2. The number of rotatable bonds is 7. The van der Waals surface area contributed by atoms with Crippen LogP contribution in [0.3, 0.4) is 0 Å². The van der Waals surface area contributed by atoms with Crippen molar-refractivity contribution in [2.24, 2.45) is 11.0 Å². The van der Waals surface area contributed by atoms with Gasteiger partial charge in [0.2, 0.25) is 0 Å². The number of aromatic nitrogens is 1. The lowest BCUT2D eigenvalue weighted by Crippen LogP contribution is -2.17. The number of nitrogens with one attached hydrogen (secondary N) is 2. The van der Waals surface area contributed by atoms with Gasteiger partial charge in [-0.2, -0.15) is 5.10 Å². The third kappa shape index (κ3) is 4.88. The Bertz CT molecular complexity index is 664. The Balaban J connectivity index is 1.99. The van der Waals surface area contributed by atoms with E-state index in [1.807, 2.05) is 12.1 Å². The van der Waals surface area contributed by atoms with Crippen molar-refractivity contribution in [3.8, 4) is 11.5 Å². The lowest BCUT2D eigenvalue weighted by molar-refractivity contribution is 0.0951. The van der Waals surface area contributed by atoms with Gasteiger partial charge in [-0.25, -0.2) is 5.43 Å². The number of benzene rings is 1. The van der Waals surface area contributed by atoms with E-state index in [0.717, 1.165) is 5.56 Å². The average Bonchev–Trinajstić information content (AvgIpc) is 3.07. The molecule has 0 aliphatic heterocycles. The summed E-state index contributed by atoms with van der Waals surface area (Å²) in [5, 5.41) is 3.94. The standard InChI is InChI=1S/C17H21N3O3/c1-12(2)11-23-15-7-6-13(9-16(15)22-3)10-19-20-17(21)14-5-4-8-18-14/h4-10,12,18H,11H2,1-3H3,(H,20,21)/b19-10-. The number of H-pyrrole nitrogens is 1. The fraction of sp³-hybridized carbons (Fsp3) is 0.294. The van der Waals surface area contributed by atoms with Gasteiger partial charge in [-0.15, -0.1) is 0 Å². The van der Waals surface area contributed by atoms with Gasteiger partial charge in [-0.05, 0) is 41.8 Å². The molecule has 2 N–H and O–H groups in total. The number of carbonyl (C=O) groups excluding carboxylic acids is 1. The van der Waals surface area contributed by atoms with Crippen LogP contribution in [-0.4, -0.2) is 30.8 Å². The smallest absolute Gasteiger partial charge is 0.287 e. The highest BCUT2D eigenvalue weighted by atomic mass is 16.5. The summed E-state index contributed by atoms with van der Waals surface area (Å²) in [5.74, 6) is 1.46. The molecule has 6 nitrogen and oxygen atoms in total. The summed E-state index contributed by atoms with van der Waals surface area (Å²) in [5.41, 5.74) is 3.71. The summed E-state index contributed by atoms with van der Waals surface area (Å²) >= 11 is 0. The minimum Gasteiger partial charge on any atom is -0.493 e. The molecular formula is C17H21N3O3. The molecule has 0 saturated carbocycles. The summed E-state index contributed by atoms with van der Waals surface area (Å²) in [7, 11) is 1.59. The molecule has 2 aromatic rings. The molecule has 0 atom stereocenters. The van der Waals surface area contributed by atoms with Gasteiger partial charge in [0.15, 0.2) is 11.5 Å². The van der Waals surface area contributed by atoms with E-state index < -0.39 is 0 Å². The van der Waals surface area contributed by atoms with E-state index in [4.69, 9.17) is 9.47 Å². The maximum atomic E-state index is 11.7. The molecule has 1 aromatic heterocycles. The van der Waals surface area contributed by atoms with Crippen LogP contribution in [0, 0.1) is 5.92 Å². The van der Waals surface area contributed by atoms with Crippen LogP contribution in [0.5, 0.6) is 11.5 Å². The Labute approximate surface area is 135 Å². The average molecular weight is 315 g/mol. The van der Waals surface area contributed by atoms with Gasteiger partial charge in [0.05, 0.1) is 19.9 Å². The Hall–Kier alpha value is -2.76. The lowest BCUT2D eigenvalue weighted by Gasteiger charge is -2.12. The summed E-state index contributed by atoms with van der Waals surface area (Å²) in [6, 6.07) is 8.91. The van der Waals surface area contributed by atoms with E-state index in [9.17, 15) is 4.79 Å². The van der Waals surface area contributed by atoms with Gasteiger partial charge in [0.1, 0.15) is 5.69 Å². The molecule has 1 amide bonds. The molecule has 0 radical (unpaired) electrons. The second-order valence-electron chi connectivity index (χ2n) is 5.40. The van der Waals surface area contributed by atoms with E-state index in [-0.39, 0.29) is 5.91 Å². The molecule has 1 aromatic carbocycles. The zero-order valence-corrected chi connectivity index (χ0v) is 13.5. The maximum Gasteiger partial charge on any atom is 0.287 e.